The van der Waals surface area contributed by atoms with Crippen LogP contribution in [0.1, 0.15) is 11.4 Å². The van der Waals surface area contributed by atoms with Crippen molar-refractivity contribution in [3.8, 4) is 0 Å². The van der Waals surface area contributed by atoms with Crippen molar-refractivity contribution in [2.24, 2.45) is 0 Å². The molecule has 2 rings (SSSR count). The van der Waals surface area contributed by atoms with E-state index in [2.05, 4.69) is 15.0 Å². The Morgan fingerprint density at radius 2 is 1.80 bits per heavy atom. The van der Waals surface area contributed by atoms with Crippen LogP contribution >= 0.6 is 24.4 Å². The Kier molecular flexibility index (Phi) is 3.03. The van der Waals surface area contributed by atoms with Crippen molar-refractivity contribution in [2.75, 3.05) is 0 Å². The standard InChI is InChI=1S/C10H9N3S2/c14-9-11-8(12-10(15)13-9)6-7-4-2-1-3-5-7/h1-5H,6H2,(H2,11,12,13,14,15). The summed E-state index contributed by atoms with van der Waals surface area (Å²) in [4.78, 5) is 9.90. The first-order valence-corrected chi connectivity index (χ1v) is 5.29. The Morgan fingerprint density at radius 3 is 2.47 bits per heavy atom. The maximum atomic E-state index is 4.99. The predicted octanol–water partition coefficient (Wildman–Crippen LogP) is 2.79. The summed E-state index contributed by atoms with van der Waals surface area (Å²) in [5.41, 5.74) is 1.18. The number of rotatable bonds is 2. The highest BCUT2D eigenvalue weighted by Crippen LogP contribution is 2.03. The van der Waals surface area contributed by atoms with Gasteiger partial charge in [0.2, 0.25) is 4.77 Å². The van der Waals surface area contributed by atoms with Crippen LogP contribution in [-0.2, 0) is 6.42 Å². The quantitative estimate of drug-likeness (QED) is 0.787. The van der Waals surface area contributed by atoms with Crippen LogP contribution in [0, 0.1) is 9.54 Å². The van der Waals surface area contributed by atoms with Crippen LogP contribution < -0.4 is 0 Å². The van der Waals surface area contributed by atoms with Gasteiger partial charge in [0, 0.05) is 6.42 Å². The molecule has 3 nitrogen and oxygen atoms in total. The third-order valence-electron chi connectivity index (χ3n) is 1.93. The number of H-pyrrole nitrogens is 2. The highest BCUT2D eigenvalue weighted by molar-refractivity contribution is 7.71. The van der Waals surface area contributed by atoms with Gasteiger partial charge in [-0.3, -0.25) is 0 Å². The number of aromatic amines is 2. The third-order valence-corrected chi connectivity index (χ3v) is 2.33. The highest BCUT2D eigenvalue weighted by Gasteiger charge is 1.97. The molecule has 0 amide bonds. The first kappa shape index (κ1) is 10.2. The number of benzene rings is 1. The van der Waals surface area contributed by atoms with E-state index in [1.807, 2.05) is 30.3 Å². The Hall–Kier alpha value is -1.33. The van der Waals surface area contributed by atoms with Crippen LogP contribution in [0.4, 0.5) is 0 Å². The number of hydrogen-bond donors (Lipinski definition) is 2. The second-order valence-electron chi connectivity index (χ2n) is 3.11. The van der Waals surface area contributed by atoms with Gasteiger partial charge in [-0.2, -0.15) is 0 Å². The van der Waals surface area contributed by atoms with Gasteiger partial charge in [-0.15, -0.1) is 0 Å². The molecule has 0 saturated heterocycles. The summed E-state index contributed by atoms with van der Waals surface area (Å²) in [6.07, 6.45) is 0.711. The van der Waals surface area contributed by atoms with E-state index in [0.717, 1.165) is 5.82 Å². The summed E-state index contributed by atoms with van der Waals surface area (Å²) in [6.45, 7) is 0. The fraction of sp³-hybridized carbons (Fsp3) is 0.100. The molecule has 0 radical (unpaired) electrons. The Balaban J connectivity index is 2.33. The van der Waals surface area contributed by atoms with Gasteiger partial charge in [0.15, 0.2) is 4.77 Å². The third kappa shape index (κ3) is 2.81. The van der Waals surface area contributed by atoms with Crippen molar-refractivity contribution < 1.29 is 0 Å². The minimum atomic E-state index is 0.421. The zero-order chi connectivity index (χ0) is 10.7. The summed E-state index contributed by atoms with van der Waals surface area (Å²) >= 11 is 9.94. The monoisotopic (exact) mass is 235 g/mol. The SMILES string of the molecule is S=c1nc(Cc2ccccc2)[nH]c(=S)[nH]1. The van der Waals surface area contributed by atoms with Crippen molar-refractivity contribution in [3.05, 3.63) is 51.3 Å². The van der Waals surface area contributed by atoms with Gasteiger partial charge in [0.25, 0.3) is 0 Å². The van der Waals surface area contributed by atoms with E-state index in [1.165, 1.54) is 5.56 Å². The number of nitrogens with zero attached hydrogens (tertiary/aromatic N) is 1. The maximum Gasteiger partial charge on any atom is 0.200 e. The fourth-order valence-corrected chi connectivity index (χ4v) is 1.80. The first-order chi connectivity index (χ1) is 7.24. The molecule has 0 unspecified atom stereocenters. The second kappa shape index (κ2) is 4.46. The average Bonchev–Trinajstić information content (AvgIpc) is 2.17. The van der Waals surface area contributed by atoms with Gasteiger partial charge in [0.1, 0.15) is 5.82 Å². The van der Waals surface area contributed by atoms with Gasteiger partial charge in [0.05, 0.1) is 0 Å². The van der Waals surface area contributed by atoms with Crippen LogP contribution in [-0.4, -0.2) is 15.0 Å². The fourth-order valence-electron chi connectivity index (χ4n) is 1.31. The van der Waals surface area contributed by atoms with Gasteiger partial charge in [-0.25, -0.2) is 4.98 Å². The lowest BCUT2D eigenvalue weighted by molar-refractivity contribution is 0.892. The Bertz CT molecular complexity index is 528. The zero-order valence-corrected chi connectivity index (χ0v) is 9.49. The molecule has 0 spiro atoms. The van der Waals surface area contributed by atoms with Gasteiger partial charge in [-0.05, 0) is 30.0 Å². The summed E-state index contributed by atoms with van der Waals surface area (Å²) in [7, 11) is 0. The minimum Gasteiger partial charge on any atom is -0.320 e. The first-order valence-electron chi connectivity index (χ1n) is 4.47. The summed E-state index contributed by atoms with van der Waals surface area (Å²) in [6, 6.07) is 10.0. The predicted molar refractivity (Wildman–Crippen MR) is 63.9 cm³/mol. The van der Waals surface area contributed by atoms with Crippen LogP contribution in [0.15, 0.2) is 30.3 Å². The lowest BCUT2D eigenvalue weighted by atomic mass is 10.1. The molecule has 0 aliphatic carbocycles. The van der Waals surface area contributed by atoms with Gasteiger partial charge < -0.3 is 9.97 Å². The van der Waals surface area contributed by atoms with Crippen LogP contribution in [0.5, 0.6) is 0 Å². The summed E-state index contributed by atoms with van der Waals surface area (Å²) < 4.78 is 0.936. The normalized spacial score (nSPS) is 10.1. The molecule has 0 atom stereocenters. The van der Waals surface area contributed by atoms with E-state index < -0.39 is 0 Å². The molecule has 2 N–H and O–H groups in total. The summed E-state index contributed by atoms with van der Waals surface area (Å²) in [5.74, 6) is 0.787. The molecule has 5 heteroatoms. The molecule has 15 heavy (non-hydrogen) atoms. The molecule has 0 aliphatic rings. The lowest BCUT2D eigenvalue weighted by Crippen LogP contribution is -1.98. The zero-order valence-electron chi connectivity index (χ0n) is 7.86. The number of hydrogen-bond acceptors (Lipinski definition) is 3. The molecule has 0 saturated carbocycles. The second-order valence-corrected chi connectivity index (χ2v) is 3.90. The molecular weight excluding hydrogens is 226 g/mol. The topological polar surface area (TPSA) is 44.5 Å². The molecule has 1 heterocycles. The van der Waals surface area contributed by atoms with Crippen molar-refractivity contribution >= 4 is 24.4 Å². The van der Waals surface area contributed by atoms with E-state index >= 15 is 0 Å². The molecule has 1 aromatic heterocycles. The number of nitrogens with one attached hydrogen (secondary N) is 2. The molecule has 1 aromatic carbocycles. The van der Waals surface area contributed by atoms with E-state index in [1.54, 1.807) is 0 Å². The molecular formula is C10H9N3S2. The van der Waals surface area contributed by atoms with E-state index in [-0.39, 0.29) is 0 Å². The van der Waals surface area contributed by atoms with Crippen LogP contribution in [0.2, 0.25) is 0 Å². The number of aromatic nitrogens is 3. The van der Waals surface area contributed by atoms with E-state index in [4.69, 9.17) is 24.4 Å². The van der Waals surface area contributed by atoms with Crippen molar-refractivity contribution in [3.63, 3.8) is 0 Å². The average molecular weight is 235 g/mol. The Morgan fingerprint density at radius 1 is 1.07 bits per heavy atom. The maximum absolute atomic E-state index is 4.99. The molecule has 76 valence electrons. The van der Waals surface area contributed by atoms with E-state index in [9.17, 15) is 0 Å². The highest BCUT2D eigenvalue weighted by atomic mass is 32.1. The Labute approximate surface area is 97.2 Å². The van der Waals surface area contributed by atoms with Gasteiger partial charge >= 0.3 is 0 Å². The van der Waals surface area contributed by atoms with Crippen molar-refractivity contribution in [1.29, 1.82) is 0 Å². The molecule has 0 aliphatic heterocycles. The summed E-state index contributed by atoms with van der Waals surface area (Å²) in [5, 5.41) is 0. The molecule has 0 bridgehead atoms. The van der Waals surface area contributed by atoms with Crippen molar-refractivity contribution in [1.82, 2.24) is 15.0 Å². The smallest absolute Gasteiger partial charge is 0.200 e. The van der Waals surface area contributed by atoms with Crippen molar-refractivity contribution in [2.45, 2.75) is 6.42 Å². The lowest BCUT2D eigenvalue weighted by Gasteiger charge is -2.00. The van der Waals surface area contributed by atoms with E-state index in [0.29, 0.717) is 16.0 Å². The minimum absolute atomic E-state index is 0.421. The largest absolute Gasteiger partial charge is 0.320 e. The van der Waals surface area contributed by atoms with Gasteiger partial charge in [-0.1, -0.05) is 30.3 Å². The van der Waals surface area contributed by atoms with Crippen LogP contribution in [0.3, 0.4) is 0 Å². The van der Waals surface area contributed by atoms with Crippen LogP contribution in [0.25, 0.3) is 0 Å². The molecule has 2 aromatic rings. The molecule has 0 fully saturated rings.